The van der Waals surface area contributed by atoms with Gasteiger partial charge in [-0.25, -0.2) is 4.98 Å². The van der Waals surface area contributed by atoms with Crippen LogP contribution >= 0.6 is 0 Å². The molecule has 7 rings (SSSR count). The van der Waals surface area contributed by atoms with E-state index in [1.54, 1.807) is 0 Å². The molecule has 0 saturated heterocycles. The minimum Gasteiger partial charge on any atom is -0.306 e. The number of anilines is 6. The molecule has 0 radical (unpaired) electrons. The summed E-state index contributed by atoms with van der Waals surface area (Å²) in [5, 5.41) is 0. The molecule has 0 amide bonds. The Hall–Kier alpha value is -5.22. The van der Waals surface area contributed by atoms with Crippen LogP contribution in [0.1, 0.15) is 0 Å². The van der Waals surface area contributed by atoms with Gasteiger partial charge in [-0.3, -0.25) is 9.88 Å². The smallest absolute Gasteiger partial charge is 0.138 e. The second kappa shape index (κ2) is 9.34. The number of fused-ring (bicyclic) bond motifs is 2. The Balaban J connectivity index is 1.33. The minimum atomic E-state index is 0.879. The van der Waals surface area contributed by atoms with Gasteiger partial charge in [-0.1, -0.05) is 72.8 Å². The summed E-state index contributed by atoms with van der Waals surface area (Å²) in [5.74, 6) is 0.879. The fourth-order valence-electron chi connectivity index (χ4n) is 5.13. The molecule has 4 nitrogen and oxygen atoms in total. The molecular formula is C34H24N4. The zero-order chi connectivity index (χ0) is 25.3. The molecule has 0 bridgehead atoms. The van der Waals surface area contributed by atoms with Gasteiger partial charge in [0.1, 0.15) is 5.82 Å². The molecule has 1 aliphatic heterocycles. The van der Waals surface area contributed by atoms with Crippen molar-refractivity contribution in [2.75, 3.05) is 9.80 Å². The lowest BCUT2D eigenvalue weighted by atomic mass is 10.0. The van der Waals surface area contributed by atoms with E-state index in [1.807, 2.05) is 30.6 Å². The Morgan fingerprint density at radius 3 is 1.61 bits per heavy atom. The average Bonchev–Trinajstić information content (AvgIpc) is 3.01. The highest BCUT2D eigenvalue weighted by Gasteiger charge is 2.30. The summed E-state index contributed by atoms with van der Waals surface area (Å²) in [7, 11) is 0. The number of pyridine rings is 2. The van der Waals surface area contributed by atoms with Crippen molar-refractivity contribution in [3.05, 3.63) is 146 Å². The van der Waals surface area contributed by atoms with E-state index in [0.29, 0.717) is 0 Å². The molecule has 0 spiro atoms. The first-order valence-electron chi connectivity index (χ1n) is 12.7. The predicted octanol–water partition coefficient (Wildman–Crippen LogP) is 9.06. The number of hydrogen-bond acceptors (Lipinski definition) is 4. The van der Waals surface area contributed by atoms with E-state index < -0.39 is 0 Å². The summed E-state index contributed by atoms with van der Waals surface area (Å²) in [4.78, 5) is 13.9. The first-order valence-corrected chi connectivity index (χ1v) is 12.7. The van der Waals surface area contributed by atoms with Crippen LogP contribution in [0.2, 0.25) is 0 Å². The second-order valence-corrected chi connectivity index (χ2v) is 9.18. The molecule has 0 unspecified atom stereocenters. The van der Waals surface area contributed by atoms with Crippen molar-refractivity contribution >= 4 is 34.3 Å². The van der Waals surface area contributed by atoms with Gasteiger partial charge in [-0.15, -0.1) is 0 Å². The third kappa shape index (κ3) is 3.80. The van der Waals surface area contributed by atoms with Crippen LogP contribution in [-0.4, -0.2) is 9.97 Å². The van der Waals surface area contributed by atoms with E-state index in [4.69, 9.17) is 4.98 Å². The first-order chi connectivity index (χ1) is 18.9. The summed E-state index contributed by atoms with van der Waals surface area (Å²) < 4.78 is 0. The summed E-state index contributed by atoms with van der Waals surface area (Å²) >= 11 is 0. The molecule has 4 aromatic carbocycles. The lowest BCUT2D eigenvalue weighted by molar-refractivity contribution is 1.13. The molecular weight excluding hydrogens is 464 g/mol. The van der Waals surface area contributed by atoms with Crippen molar-refractivity contribution in [3.8, 4) is 22.4 Å². The van der Waals surface area contributed by atoms with E-state index in [9.17, 15) is 0 Å². The van der Waals surface area contributed by atoms with Crippen molar-refractivity contribution in [2.24, 2.45) is 0 Å². The van der Waals surface area contributed by atoms with Crippen LogP contribution in [0, 0.1) is 0 Å². The molecule has 3 heterocycles. The van der Waals surface area contributed by atoms with Crippen molar-refractivity contribution in [2.45, 2.75) is 0 Å². The van der Waals surface area contributed by atoms with Crippen LogP contribution in [0.3, 0.4) is 0 Å². The monoisotopic (exact) mass is 488 g/mol. The topological polar surface area (TPSA) is 32.3 Å². The third-order valence-corrected chi connectivity index (χ3v) is 6.89. The van der Waals surface area contributed by atoms with Crippen LogP contribution in [0.15, 0.2) is 146 Å². The number of aromatic nitrogens is 2. The molecule has 180 valence electrons. The Labute approximate surface area is 222 Å². The zero-order valence-electron chi connectivity index (χ0n) is 20.6. The number of benzene rings is 4. The molecule has 0 fully saturated rings. The molecule has 0 atom stereocenters. The van der Waals surface area contributed by atoms with Gasteiger partial charge in [-0.05, 0) is 71.8 Å². The highest BCUT2D eigenvalue weighted by Crippen LogP contribution is 2.53. The van der Waals surface area contributed by atoms with Crippen molar-refractivity contribution in [1.82, 2.24) is 9.97 Å². The first kappa shape index (κ1) is 22.0. The van der Waals surface area contributed by atoms with Gasteiger partial charge in [0.05, 0.1) is 28.4 Å². The fraction of sp³-hybridized carbons (Fsp3) is 0. The molecule has 1 aliphatic rings. The average molecular weight is 489 g/mol. The standard InChI is InChI=1S/C34H24N4/c1-2-10-28(11-3-1)37-30-13-4-6-15-32(30)38(33-16-7-5-14-31(33)37)34-24-27(21-23-36-34)25-17-19-26(20-18-25)29-12-8-9-22-35-29/h1-24H. The number of para-hydroxylation sites is 5. The lowest BCUT2D eigenvalue weighted by Crippen LogP contribution is -2.24. The van der Waals surface area contributed by atoms with Crippen LogP contribution in [0.4, 0.5) is 34.3 Å². The number of hydrogen-bond donors (Lipinski definition) is 0. The van der Waals surface area contributed by atoms with E-state index in [2.05, 4.69) is 130 Å². The molecule has 38 heavy (non-hydrogen) atoms. The Kier molecular flexibility index (Phi) is 5.41. The molecule has 0 N–H and O–H groups in total. The Morgan fingerprint density at radius 2 is 0.974 bits per heavy atom. The highest BCUT2D eigenvalue weighted by molar-refractivity contribution is 6.01. The molecule has 4 heteroatoms. The summed E-state index contributed by atoms with van der Waals surface area (Å²) in [6.07, 6.45) is 3.72. The predicted molar refractivity (Wildman–Crippen MR) is 156 cm³/mol. The number of rotatable bonds is 4. The van der Waals surface area contributed by atoms with Gasteiger partial charge in [0, 0.05) is 23.6 Å². The number of nitrogens with zero attached hydrogens (tertiary/aromatic N) is 4. The SMILES string of the molecule is c1ccc(N2c3ccccc3N(c3cc(-c4ccc(-c5ccccn5)cc4)ccn3)c3ccccc32)cc1. The second-order valence-electron chi connectivity index (χ2n) is 9.18. The molecule has 2 aromatic heterocycles. The van der Waals surface area contributed by atoms with Gasteiger partial charge in [0.2, 0.25) is 0 Å². The third-order valence-electron chi connectivity index (χ3n) is 6.89. The van der Waals surface area contributed by atoms with Crippen molar-refractivity contribution in [1.29, 1.82) is 0 Å². The zero-order valence-corrected chi connectivity index (χ0v) is 20.6. The van der Waals surface area contributed by atoms with Gasteiger partial charge < -0.3 is 4.90 Å². The fourth-order valence-corrected chi connectivity index (χ4v) is 5.13. The van der Waals surface area contributed by atoms with Crippen LogP contribution in [0.25, 0.3) is 22.4 Å². The summed E-state index contributed by atoms with van der Waals surface area (Å²) in [6.45, 7) is 0. The van der Waals surface area contributed by atoms with E-state index in [-0.39, 0.29) is 0 Å². The highest BCUT2D eigenvalue weighted by atomic mass is 15.3. The van der Waals surface area contributed by atoms with E-state index in [0.717, 1.165) is 56.6 Å². The maximum atomic E-state index is 4.85. The van der Waals surface area contributed by atoms with Gasteiger partial charge in [0.15, 0.2) is 0 Å². The molecule has 0 aliphatic carbocycles. The largest absolute Gasteiger partial charge is 0.306 e. The normalized spacial score (nSPS) is 12.1. The van der Waals surface area contributed by atoms with E-state index >= 15 is 0 Å². The molecule has 0 saturated carbocycles. The molecule has 6 aromatic rings. The van der Waals surface area contributed by atoms with Gasteiger partial charge in [0.25, 0.3) is 0 Å². The minimum absolute atomic E-state index is 0.879. The van der Waals surface area contributed by atoms with Gasteiger partial charge >= 0.3 is 0 Å². The van der Waals surface area contributed by atoms with E-state index in [1.165, 1.54) is 0 Å². The van der Waals surface area contributed by atoms with Crippen molar-refractivity contribution in [3.63, 3.8) is 0 Å². The summed E-state index contributed by atoms with van der Waals surface area (Å²) in [5.41, 5.74) is 9.86. The quantitative estimate of drug-likeness (QED) is 0.247. The van der Waals surface area contributed by atoms with Crippen molar-refractivity contribution < 1.29 is 0 Å². The maximum Gasteiger partial charge on any atom is 0.138 e. The van der Waals surface area contributed by atoms with Gasteiger partial charge in [-0.2, -0.15) is 0 Å². The Bertz CT molecular complexity index is 1670. The lowest BCUT2D eigenvalue weighted by Gasteiger charge is -2.39. The summed E-state index contributed by atoms with van der Waals surface area (Å²) in [6, 6.07) is 46.3. The van der Waals surface area contributed by atoms with Crippen LogP contribution < -0.4 is 9.80 Å². The Morgan fingerprint density at radius 1 is 0.395 bits per heavy atom. The van der Waals surface area contributed by atoms with Crippen LogP contribution in [0.5, 0.6) is 0 Å². The maximum absolute atomic E-state index is 4.85. The van der Waals surface area contributed by atoms with Crippen LogP contribution in [-0.2, 0) is 0 Å².